The summed E-state index contributed by atoms with van der Waals surface area (Å²) in [6.45, 7) is 0. The van der Waals surface area contributed by atoms with E-state index in [1.807, 2.05) is 30.5 Å². The molecule has 2 heterocycles. The lowest BCUT2D eigenvalue weighted by molar-refractivity contribution is 0.123. The monoisotopic (exact) mass is 455 g/mol. The molecule has 1 aromatic carbocycles. The number of hydrogen-bond donors (Lipinski definition) is 1. The van der Waals surface area contributed by atoms with E-state index in [4.69, 9.17) is 14.2 Å². The van der Waals surface area contributed by atoms with Crippen molar-refractivity contribution in [3.8, 4) is 11.5 Å². The molecule has 1 amide bonds. The second-order valence-corrected chi connectivity index (χ2v) is 7.40. The number of aromatic nitrogens is 3. The van der Waals surface area contributed by atoms with Crippen LogP contribution in [0.3, 0.4) is 0 Å². The first-order valence-corrected chi connectivity index (χ1v) is 10.9. The summed E-state index contributed by atoms with van der Waals surface area (Å²) < 4.78 is 15.4. The summed E-state index contributed by atoms with van der Waals surface area (Å²) in [4.78, 5) is 27.4. The predicted molar refractivity (Wildman–Crippen MR) is 123 cm³/mol. The molecule has 1 atom stereocenters. The number of nitrogens with one attached hydrogen (secondary N) is 1. The minimum Gasteiger partial charge on any atom is -0.497 e. The molecular weight excluding hydrogens is 430 g/mol. The van der Waals surface area contributed by atoms with Crippen molar-refractivity contribution in [2.75, 3.05) is 39.9 Å². The Bertz CT molecular complexity index is 1050. The number of carbonyl (C=O) groups excluding carboxylic acids is 1. The normalized spacial score (nSPS) is 11.4. The topological polar surface area (TPSA) is 98.7 Å². The predicted octanol–water partition coefficient (Wildman–Crippen LogP) is 4.14. The van der Waals surface area contributed by atoms with Gasteiger partial charge in [-0.2, -0.15) is 0 Å². The number of benzene rings is 1. The third kappa shape index (κ3) is 5.20. The fraction of sp³-hybridized carbons (Fsp3) is 0.273. The molecule has 168 valence electrons. The van der Waals surface area contributed by atoms with E-state index < -0.39 is 12.1 Å². The molecule has 1 N–H and O–H groups in total. The van der Waals surface area contributed by atoms with Crippen LogP contribution in [0.5, 0.6) is 11.5 Å². The minimum absolute atomic E-state index is 0.492. The first kappa shape index (κ1) is 23.1. The average Bonchev–Trinajstić information content (AvgIpc) is 2.85. The van der Waals surface area contributed by atoms with E-state index in [0.29, 0.717) is 33.9 Å². The number of hydrogen-bond acceptors (Lipinski definition) is 9. The molecule has 32 heavy (non-hydrogen) atoms. The lowest BCUT2D eigenvalue weighted by Gasteiger charge is -2.29. The highest BCUT2D eigenvalue weighted by Crippen LogP contribution is 2.34. The smallest absolute Gasteiger partial charge is 0.410 e. The van der Waals surface area contributed by atoms with Gasteiger partial charge in [0.05, 0.1) is 33.6 Å². The molecule has 9 nitrogen and oxygen atoms in total. The number of amides is 1. The first-order chi connectivity index (χ1) is 15.5. The lowest BCUT2D eigenvalue weighted by atomic mass is 9.99. The molecule has 0 saturated heterocycles. The highest BCUT2D eigenvalue weighted by atomic mass is 32.2. The van der Waals surface area contributed by atoms with Gasteiger partial charge in [0.2, 0.25) is 0 Å². The molecule has 0 aliphatic carbocycles. The van der Waals surface area contributed by atoms with Crippen LogP contribution in [0.4, 0.5) is 16.4 Å². The molecule has 0 saturated carbocycles. The molecule has 3 rings (SSSR count). The Morgan fingerprint density at radius 2 is 1.69 bits per heavy atom. The molecule has 2 aromatic heterocycles. The Kier molecular flexibility index (Phi) is 7.72. The van der Waals surface area contributed by atoms with Gasteiger partial charge in [-0.1, -0.05) is 23.9 Å². The van der Waals surface area contributed by atoms with E-state index in [-0.39, 0.29) is 0 Å². The number of nitrogens with zero attached hydrogens (tertiary/aromatic N) is 4. The highest BCUT2D eigenvalue weighted by molar-refractivity contribution is 7.98. The van der Waals surface area contributed by atoms with Crippen molar-refractivity contribution in [3.05, 3.63) is 59.9 Å². The molecule has 0 fully saturated rings. The zero-order chi connectivity index (χ0) is 23.1. The Labute approximate surface area is 191 Å². The first-order valence-electron chi connectivity index (χ1n) is 9.63. The van der Waals surface area contributed by atoms with Gasteiger partial charge in [-0.3, -0.25) is 4.90 Å². The van der Waals surface area contributed by atoms with E-state index >= 15 is 0 Å². The summed E-state index contributed by atoms with van der Waals surface area (Å²) in [6, 6.07) is 10.5. The third-order valence-corrected chi connectivity index (χ3v) is 5.33. The van der Waals surface area contributed by atoms with E-state index in [0.717, 1.165) is 5.56 Å². The zero-order valence-electron chi connectivity index (χ0n) is 18.5. The molecule has 0 aliphatic rings. The zero-order valence-corrected chi connectivity index (χ0v) is 19.3. The number of carbonyl (C=O) groups is 1. The van der Waals surface area contributed by atoms with Crippen molar-refractivity contribution >= 4 is 29.5 Å². The van der Waals surface area contributed by atoms with Crippen LogP contribution in [0.25, 0.3) is 0 Å². The number of anilines is 2. The van der Waals surface area contributed by atoms with E-state index in [9.17, 15) is 4.79 Å². The maximum atomic E-state index is 12.5. The van der Waals surface area contributed by atoms with Crippen molar-refractivity contribution in [2.45, 2.75) is 11.2 Å². The van der Waals surface area contributed by atoms with E-state index in [1.165, 1.54) is 23.8 Å². The van der Waals surface area contributed by atoms with Gasteiger partial charge in [0.1, 0.15) is 23.1 Å². The molecule has 0 spiro atoms. The van der Waals surface area contributed by atoms with Crippen LogP contribution in [0, 0.1) is 0 Å². The van der Waals surface area contributed by atoms with Crippen LogP contribution in [-0.2, 0) is 4.74 Å². The standard InChI is InChI=1S/C22H25N5O4S/c1-27(22(28)31-4)19(14-6-8-15(29-2)9-7-14)17-13-24-21(32-5)26-20(17)25-18-11-10-16(30-3)12-23-18/h6-13,19H,1-5H3,(H,23,24,25,26). The summed E-state index contributed by atoms with van der Waals surface area (Å²) in [5.74, 6) is 2.46. The maximum absolute atomic E-state index is 12.5. The number of methoxy groups -OCH3 is 3. The van der Waals surface area contributed by atoms with Crippen molar-refractivity contribution in [3.63, 3.8) is 0 Å². The maximum Gasteiger partial charge on any atom is 0.410 e. The summed E-state index contributed by atoms with van der Waals surface area (Å²) in [5.41, 5.74) is 1.52. The number of thioether (sulfide) groups is 1. The van der Waals surface area contributed by atoms with Crippen LogP contribution >= 0.6 is 11.8 Å². The van der Waals surface area contributed by atoms with Crippen molar-refractivity contribution < 1.29 is 19.0 Å². The van der Waals surface area contributed by atoms with Gasteiger partial charge in [0.25, 0.3) is 0 Å². The molecule has 0 aliphatic heterocycles. The van der Waals surface area contributed by atoms with Crippen molar-refractivity contribution in [1.82, 2.24) is 19.9 Å². The van der Waals surface area contributed by atoms with Gasteiger partial charge >= 0.3 is 6.09 Å². The third-order valence-electron chi connectivity index (χ3n) is 4.77. The SMILES string of the molecule is COC(=O)N(C)C(c1ccc(OC)cc1)c1cnc(SC)nc1Nc1ccc(OC)cn1. The summed E-state index contributed by atoms with van der Waals surface area (Å²) in [6.07, 6.45) is 4.72. The summed E-state index contributed by atoms with van der Waals surface area (Å²) in [5, 5.41) is 3.83. The van der Waals surface area contributed by atoms with Gasteiger partial charge in [0, 0.05) is 18.8 Å². The van der Waals surface area contributed by atoms with E-state index in [2.05, 4.69) is 20.3 Å². The highest BCUT2D eigenvalue weighted by Gasteiger charge is 2.28. The summed E-state index contributed by atoms with van der Waals surface area (Å²) in [7, 11) is 6.20. The van der Waals surface area contributed by atoms with Gasteiger partial charge in [-0.15, -0.1) is 0 Å². The largest absolute Gasteiger partial charge is 0.497 e. The Hall–Kier alpha value is -3.53. The fourth-order valence-corrected chi connectivity index (χ4v) is 3.46. The van der Waals surface area contributed by atoms with Gasteiger partial charge in [0.15, 0.2) is 5.16 Å². The second-order valence-electron chi connectivity index (χ2n) is 6.63. The minimum atomic E-state index is -0.523. The average molecular weight is 456 g/mol. The molecule has 10 heteroatoms. The van der Waals surface area contributed by atoms with Crippen molar-refractivity contribution in [2.24, 2.45) is 0 Å². The second kappa shape index (κ2) is 10.7. The lowest BCUT2D eigenvalue weighted by Crippen LogP contribution is -2.32. The molecule has 3 aromatic rings. The van der Waals surface area contributed by atoms with Gasteiger partial charge in [-0.05, 0) is 36.1 Å². The number of pyridine rings is 1. The molecular formula is C22H25N5O4S. The van der Waals surface area contributed by atoms with Crippen LogP contribution in [0.1, 0.15) is 17.2 Å². The molecule has 0 radical (unpaired) electrons. The Balaban J connectivity index is 2.10. The Morgan fingerprint density at radius 3 is 2.25 bits per heavy atom. The number of ether oxygens (including phenoxy) is 3. The van der Waals surface area contributed by atoms with Crippen LogP contribution in [0.2, 0.25) is 0 Å². The van der Waals surface area contributed by atoms with E-state index in [1.54, 1.807) is 45.8 Å². The van der Waals surface area contributed by atoms with Gasteiger partial charge < -0.3 is 19.5 Å². The van der Waals surface area contributed by atoms with Gasteiger partial charge in [-0.25, -0.2) is 19.7 Å². The summed E-state index contributed by atoms with van der Waals surface area (Å²) >= 11 is 1.42. The van der Waals surface area contributed by atoms with Crippen LogP contribution in [0.15, 0.2) is 53.9 Å². The molecule has 0 bridgehead atoms. The number of rotatable bonds is 8. The van der Waals surface area contributed by atoms with Crippen LogP contribution in [-0.4, -0.2) is 60.6 Å². The quantitative estimate of drug-likeness (QED) is 0.397. The van der Waals surface area contributed by atoms with Crippen LogP contribution < -0.4 is 14.8 Å². The van der Waals surface area contributed by atoms with Crippen molar-refractivity contribution in [1.29, 1.82) is 0 Å². The Morgan fingerprint density at radius 1 is 1.00 bits per heavy atom. The molecule has 1 unspecified atom stereocenters. The fourth-order valence-electron chi connectivity index (χ4n) is 3.12.